The summed E-state index contributed by atoms with van der Waals surface area (Å²) in [5.74, 6) is -0.379. The summed E-state index contributed by atoms with van der Waals surface area (Å²) in [6.07, 6.45) is 2.65. The van der Waals surface area contributed by atoms with Gasteiger partial charge >= 0.3 is 0 Å². The molecular formula is C18H27NO5S. The standard InChI is InChI=1S/C18H27NO5S/c1-18(2,3)24-19-17(20)15-7-5-6-8-16(15)25(21,22)14-11-9-13(23-4)10-12-14/h9-12,15-16H,5-8H2,1-4H3,(H,19,20). The van der Waals surface area contributed by atoms with Crippen molar-refractivity contribution >= 4 is 15.7 Å². The normalized spacial score (nSPS) is 21.6. The highest BCUT2D eigenvalue weighted by Gasteiger charge is 2.40. The van der Waals surface area contributed by atoms with E-state index in [1.807, 2.05) is 20.8 Å². The third-order valence-electron chi connectivity index (χ3n) is 4.28. The fraction of sp³-hybridized carbons (Fsp3) is 0.611. The molecule has 2 atom stereocenters. The van der Waals surface area contributed by atoms with E-state index in [0.717, 1.165) is 12.8 Å². The van der Waals surface area contributed by atoms with Gasteiger partial charge in [0.25, 0.3) is 0 Å². The molecule has 140 valence electrons. The molecule has 0 aliphatic heterocycles. The van der Waals surface area contributed by atoms with E-state index in [2.05, 4.69) is 5.48 Å². The number of amides is 1. The molecule has 1 aliphatic rings. The molecule has 1 aliphatic carbocycles. The van der Waals surface area contributed by atoms with Gasteiger partial charge in [0, 0.05) is 0 Å². The Morgan fingerprint density at radius 2 is 1.72 bits per heavy atom. The van der Waals surface area contributed by atoms with Crippen molar-refractivity contribution in [3.63, 3.8) is 0 Å². The van der Waals surface area contributed by atoms with Crippen molar-refractivity contribution in [2.24, 2.45) is 5.92 Å². The Kier molecular flexibility index (Phi) is 6.11. The van der Waals surface area contributed by atoms with Crippen molar-refractivity contribution in [3.05, 3.63) is 24.3 Å². The van der Waals surface area contributed by atoms with Gasteiger partial charge in [-0.3, -0.25) is 9.63 Å². The average Bonchev–Trinajstić information content (AvgIpc) is 2.59. The summed E-state index contributed by atoms with van der Waals surface area (Å²) >= 11 is 0. The van der Waals surface area contributed by atoms with Crippen LogP contribution in [-0.4, -0.2) is 32.3 Å². The average molecular weight is 369 g/mol. The van der Waals surface area contributed by atoms with Gasteiger partial charge < -0.3 is 4.74 Å². The van der Waals surface area contributed by atoms with Crippen LogP contribution in [0.15, 0.2) is 29.2 Å². The molecule has 0 radical (unpaired) electrons. The summed E-state index contributed by atoms with van der Waals surface area (Å²) in [5, 5.41) is -0.738. The molecule has 0 heterocycles. The molecule has 0 saturated heterocycles. The summed E-state index contributed by atoms with van der Waals surface area (Å²) < 4.78 is 31.2. The maximum atomic E-state index is 13.0. The molecule has 25 heavy (non-hydrogen) atoms. The van der Waals surface area contributed by atoms with Crippen LogP contribution in [0, 0.1) is 5.92 Å². The number of ether oxygens (including phenoxy) is 1. The lowest BCUT2D eigenvalue weighted by atomic mass is 9.88. The van der Waals surface area contributed by atoms with Gasteiger partial charge in [-0.2, -0.15) is 0 Å². The second-order valence-corrected chi connectivity index (χ2v) is 9.50. The highest BCUT2D eigenvalue weighted by atomic mass is 32.2. The van der Waals surface area contributed by atoms with E-state index in [-0.39, 0.29) is 10.8 Å². The molecular weight excluding hydrogens is 342 g/mol. The first kappa shape index (κ1) is 19.7. The quantitative estimate of drug-likeness (QED) is 0.807. The molecule has 1 fully saturated rings. The number of benzene rings is 1. The molecule has 1 aromatic rings. The van der Waals surface area contributed by atoms with Crippen LogP contribution < -0.4 is 10.2 Å². The van der Waals surface area contributed by atoms with Crippen LogP contribution >= 0.6 is 0 Å². The van der Waals surface area contributed by atoms with Crippen LogP contribution in [0.2, 0.25) is 0 Å². The van der Waals surface area contributed by atoms with E-state index in [1.165, 1.54) is 19.2 Å². The molecule has 1 N–H and O–H groups in total. The number of carbonyl (C=O) groups excluding carboxylic acids is 1. The largest absolute Gasteiger partial charge is 0.497 e. The number of sulfone groups is 1. The van der Waals surface area contributed by atoms with Crippen LogP contribution in [0.1, 0.15) is 46.5 Å². The molecule has 2 rings (SSSR count). The molecule has 2 unspecified atom stereocenters. The van der Waals surface area contributed by atoms with E-state index in [9.17, 15) is 13.2 Å². The highest BCUT2D eigenvalue weighted by molar-refractivity contribution is 7.92. The lowest BCUT2D eigenvalue weighted by Crippen LogP contribution is -2.45. The molecule has 7 heteroatoms. The minimum atomic E-state index is -3.61. The second-order valence-electron chi connectivity index (χ2n) is 7.33. The van der Waals surface area contributed by atoms with Crippen molar-refractivity contribution < 1.29 is 22.8 Å². The van der Waals surface area contributed by atoms with Crippen molar-refractivity contribution in [3.8, 4) is 5.75 Å². The smallest absolute Gasteiger partial charge is 0.247 e. The van der Waals surface area contributed by atoms with E-state index >= 15 is 0 Å². The molecule has 1 aromatic carbocycles. The minimum Gasteiger partial charge on any atom is -0.497 e. The summed E-state index contributed by atoms with van der Waals surface area (Å²) in [5.41, 5.74) is 1.91. The van der Waals surface area contributed by atoms with Gasteiger partial charge in [-0.25, -0.2) is 13.9 Å². The Labute approximate surface area is 149 Å². The zero-order valence-corrected chi connectivity index (χ0v) is 16.1. The number of hydrogen-bond acceptors (Lipinski definition) is 5. The van der Waals surface area contributed by atoms with Crippen LogP contribution in [0.25, 0.3) is 0 Å². The predicted octanol–water partition coefficient (Wildman–Crippen LogP) is 2.87. The summed E-state index contributed by atoms with van der Waals surface area (Å²) in [6.45, 7) is 5.46. The first-order valence-electron chi connectivity index (χ1n) is 8.51. The molecule has 0 spiro atoms. The number of nitrogens with one attached hydrogen (secondary N) is 1. The Morgan fingerprint density at radius 1 is 1.12 bits per heavy atom. The topological polar surface area (TPSA) is 81.7 Å². The van der Waals surface area contributed by atoms with Gasteiger partial charge in [0.05, 0.1) is 28.8 Å². The molecule has 0 aromatic heterocycles. The number of hydroxylamine groups is 1. The van der Waals surface area contributed by atoms with Crippen molar-refractivity contribution in [1.82, 2.24) is 5.48 Å². The van der Waals surface area contributed by atoms with Crippen molar-refractivity contribution in [2.45, 2.75) is 62.2 Å². The van der Waals surface area contributed by atoms with Gasteiger partial charge in [0.1, 0.15) is 5.75 Å². The van der Waals surface area contributed by atoms with Crippen LogP contribution in [-0.2, 0) is 19.5 Å². The summed E-state index contributed by atoms with van der Waals surface area (Å²) in [6, 6.07) is 6.30. The number of methoxy groups -OCH3 is 1. The van der Waals surface area contributed by atoms with Gasteiger partial charge in [0.15, 0.2) is 9.84 Å². The van der Waals surface area contributed by atoms with Gasteiger partial charge in [-0.05, 0) is 57.9 Å². The Morgan fingerprint density at radius 3 is 2.28 bits per heavy atom. The van der Waals surface area contributed by atoms with E-state index in [0.29, 0.717) is 18.6 Å². The van der Waals surface area contributed by atoms with Crippen molar-refractivity contribution in [2.75, 3.05) is 7.11 Å². The van der Waals surface area contributed by atoms with Crippen LogP contribution in [0.4, 0.5) is 0 Å². The Hall–Kier alpha value is -1.60. The lowest BCUT2D eigenvalue weighted by Gasteiger charge is -2.31. The number of carbonyl (C=O) groups is 1. The van der Waals surface area contributed by atoms with Gasteiger partial charge in [-0.1, -0.05) is 12.8 Å². The first-order chi connectivity index (χ1) is 11.6. The summed E-state index contributed by atoms with van der Waals surface area (Å²) in [4.78, 5) is 18.1. The maximum absolute atomic E-state index is 13.0. The van der Waals surface area contributed by atoms with E-state index in [1.54, 1.807) is 12.1 Å². The highest BCUT2D eigenvalue weighted by Crippen LogP contribution is 2.34. The third-order valence-corrected chi connectivity index (χ3v) is 6.57. The minimum absolute atomic E-state index is 0.217. The fourth-order valence-electron chi connectivity index (χ4n) is 2.99. The predicted molar refractivity (Wildman–Crippen MR) is 94.9 cm³/mol. The molecule has 1 amide bonds. The lowest BCUT2D eigenvalue weighted by molar-refractivity contribution is -0.150. The number of hydrogen-bond donors (Lipinski definition) is 1. The third kappa shape index (κ3) is 4.95. The molecule has 6 nitrogen and oxygen atoms in total. The Balaban J connectivity index is 2.21. The first-order valence-corrected chi connectivity index (χ1v) is 10.1. The van der Waals surface area contributed by atoms with Crippen LogP contribution in [0.3, 0.4) is 0 Å². The SMILES string of the molecule is COc1ccc(S(=O)(=O)C2CCCCC2C(=O)NOC(C)(C)C)cc1. The van der Waals surface area contributed by atoms with Crippen molar-refractivity contribution in [1.29, 1.82) is 0 Å². The number of rotatable bonds is 5. The fourth-order valence-corrected chi connectivity index (χ4v) is 5.02. The van der Waals surface area contributed by atoms with E-state index < -0.39 is 26.6 Å². The second kappa shape index (κ2) is 7.74. The Bertz CT molecular complexity index is 691. The summed E-state index contributed by atoms with van der Waals surface area (Å²) in [7, 11) is -2.08. The monoisotopic (exact) mass is 369 g/mol. The van der Waals surface area contributed by atoms with Gasteiger partial charge in [-0.15, -0.1) is 0 Å². The zero-order chi connectivity index (χ0) is 18.7. The maximum Gasteiger partial charge on any atom is 0.247 e. The van der Waals surface area contributed by atoms with Crippen LogP contribution in [0.5, 0.6) is 5.75 Å². The van der Waals surface area contributed by atoms with E-state index in [4.69, 9.17) is 9.57 Å². The zero-order valence-electron chi connectivity index (χ0n) is 15.2. The van der Waals surface area contributed by atoms with Gasteiger partial charge in [0.2, 0.25) is 5.91 Å². The molecule has 0 bridgehead atoms. The molecule has 1 saturated carbocycles.